The van der Waals surface area contributed by atoms with E-state index in [-0.39, 0.29) is 0 Å². The van der Waals surface area contributed by atoms with Crippen LogP contribution in [0.2, 0.25) is 0 Å². The Kier molecular flexibility index (Phi) is 17.2. The van der Waals surface area contributed by atoms with Gasteiger partial charge in [-0.15, -0.1) is 0 Å². The lowest BCUT2D eigenvalue weighted by molar-refractivity contribution is 1.07. The second-order valence-electron chi connectivity index (χ2n) is 32.1. The standard InChI is InChI=1S/C110H74N12/c1-66-32-44-95-85(52-66)81-28-15-17-30-93(81)119(95)101-50-40-80(63-91(101)83-42-37-73(64-111)60-103(83)121-94-31-18-16-29-82(94)86-53-67(2)33-45-96(86)121)110-117-107(77-25-13-8-14-26-77)114-108(118-110)78-27-19-20-71(58-78)57-72-39-49-100-90(59-72)89-56-70(5)34-46-97(89)120(100)102-51-41-79(109-115-105(75-21-9-6-10-22-75)113-106(116-109)76-23-11-7-12-24-76)62-92(102)84-43-38-74(65-112)61-104(84)122-98-47-35-68(3)54-87(98)88-55-69(4)36-48-99(88)122/h6-56,58-63H,57H2,1-5H3. The lowest BCUT2D eigenvalue weighted by Gasteiger charge is -2.20. The molecule has 0 N–H and O–H groups in total. The normalized spacial score (nSPS) is 11.7. The van der Waals surface area contributed by atoms with Crippen LogP contribution in [-0.4, -0.2) is 48.2 Å². The third-order valence-corrected chi connectivity index (χ3v) is 24.0. The van der Waals surface area contributed by atoms with Gasteiger partial charge in [0.1, 0.15) is 0 Å². The van der Waals surface area contributed by atoms with Gasteiger partial charge in [0.25, 0.3) is 0 Å². The summed E-state index contributed by atoms with van der Waals surface area (Å²) in [6.45, 7) is 10.7. The van der Waals surface area contributed by atoms with E-state index < -0.39 is 0 Å². The van der Waals surface area contributed by atoms with E-state index in [1.165, 1.54) is 11.1 Å². The predicted octanol–water partition coefficient (Wildman–Crippen LogP) is 26.7. The van der Waals surface area contributed by atoms with Crippen molar-refractivity contribution in [2.24, 2.45) is 0 Å². The lowest BCUT2D eigenvalue weighted by Crippen LogP contribution is -2.04. The molecule has 0 saturated carbocycles. The minimum atomic E-state index is 0.509. The average molecular weight is 1560 g/mol. The Bertz CT molecular complexity index is 8080. The first-order valence-electron chi connectivity index (χ1n) is 41.1. The number of nitrogens with zero attached hydrogens (tertiary/aromatic N) is 12. The van der Waals surface area contributed by atoms with Gasteiger partial charge in [0.05, 0.1) is 90.1 Å². The van der Waals surface area contributed by atoms with Crippen LogP contribution in [0.25, 0.3) is 201 Å². The van der Waals surface area contributed by atoms with Crippen molar-refractivity contribution >= 4 is 87.2 Å². The molecule has 0 atom stereocenters. The molecule has 16 aromatic carbocycles. The Morgan fingerprint density at radius 2 is 0.508 bits per heavy atom. The summed E-state index contributed by atoms with van der Waals surface area (Å²) in [6, 6.07) is 127. The van der Waals surface area contributed by atoms with Gasteiger partial charge in [0.15, 0.2) is 34.9 Å². The number of nitriles is 2. The van der Waals surface area contributed by atoms with Gasteiger partial charge in [0, 0.05) is 98.7 Å². The molecule has 12 nitrogen and oxygen atoms in total. The van der Waals surface area contributed by atoms with Crippen LogP contribution in [0.1, 0.15) is 50.1 Å². The highest BCUT2D eigenvalue weighted by Gasteiger charge is 2.28. The summed E-state index contributed by atoms with van der Waals surface area (Å²) in [5, 5.41) is 30.8. The number of para-hydroxylation sites is 2. The largest absolute Gasteiger partial charge is 0.309 e. The molecule has 6 aromatic heterocycles. The Morgan fingerprint density at radius 1 is 0.213 bits per heavy atom. The molecule has 0 radical (unpaired) electrons. The zero-order valence-electron chi connectivity index (χ0n) is 67.5. The van der Waals surface area contributed by atoms with Crippen LogP contribution in [-0.2, 0) is 6.42 Å². The smallest absolute Gasteiger partial charge is 0.164 e. The predicted molar refractivity (Wildman–Crippen MR) is 496 cm³/mol. The molecular weight excluding hydrogens is 1490 g/mol. The molecule has 574 valence electrons. The summed E-state index contributed by atoms with van der Waals surface area (Å²) in [7, 11) is 0. The SMILES string of the molecule is Cc1ccc2c(c1)c1ccccc1n2-c1ccc(-c2nc(-c3ccccc3)nc(-c3cccc(Cc4ccc5c(c4)c4cc(C)ccc4n5-c4ccc(-c5nc(-c6ccccc6)nc(-c6ccccc6)n5)cc4-c4ccc(C#N)cc4-n4c5ccc(C)cc5c5cc(C)ccc54)c3)n2)cc1-c1ccc(C#N)cc1-n1c2ccccc2c2cc(C)ccc21. The second-order valence-corrected chi connectivity index (χ2v) is 32.1. The van der Waals surface area contributed by atoms with Crippen molar-refractivity contribution in [3.63, 3.8) is 0 Å². The number of aromatic nitrogens is 10. The van der Waals surface area contributed by atoms with Gasteiger partial charge < -0.3 is 18.3 Å². The van der Waals surface area contributed by atoms with Gasteiger partial charge in [-0.05, 0) is 204 Å². The molecule has 0 aliphatic heterocycles. The molecular formula is C110H74N12. The summed E-state index contributed by atoms with van der Waals surface area (Å²) < 4.78 is 9.46. The number of fused-ring (bicyclic) bond motifs is 12. The monoisotopic (exact) mass is 1560 g/mol. The fraction of sp³-hybridized carbons (Fsp3) is 0.0545. The summed E-state index contributed by atoms with van der Waals surface area (Å²) in [4.78, 5) is 32.0. The van der Waals surface area contributed by atoms with E-state index in [9.17, 15) is 10.5 Å². The van der Waals surface area contributed by atoms with E-state index in [0.717, 1.165) is 193 Å². The number of benzene rings is 16. The molecule has 22 rings (SSSR count). The first-order valence-corrected chi connectivity index (χ1v) is 41.1. The zero-order valence-corrected chi connectivity index (χ0v) is 67.5. The Balaban J connectivity index is 0.697. The molecule has 0 amide bonds. The summed E-state index contributed by atoms with van der Waals surface area (Å²) in [6.07, 6.45) is 0.603. The fourth-order valence-corrected chi connectivity index (χ4v) is 18.3. The average Bonchev–Trinajstić information content (AvgIpc) is 0.922. The lowest BCUT2D eigenvalue weighted by atomic mass is 9.96. The van der Waals surface area contributed by atoms with E-state index in [1.807, 2.05) is 103 Å². The third-order valence-electron chi connectivity index (χ3n) is 24.0. The summed E-state index contributed by atoms with van der Waals surface area (Å²) >= 11 is 0. The topological polar surface area (TPSA) is 145 Å². The van der Waals surface area contributed by atoms with Gasteiger partial charge in [-0.3, -0.25) is 0 Å². The van der Waals surface area contributed by atoms with Crippen molar-refractivity contribution in [1.29, 1.82) is 10.5 Å². The molecule has 0 saturated heterocycles. The maximum Gasteiger partial charge on any atom is 0.164 e. The molecule has 0 unspecified atom stereocenters. The van der Waals surface area contributed by atoms with E-state index in [0.29, 0.717) is 52.5 Å². The van der Waals surface area contributed by atoms with E-state index in [4.69, 9.17) is 29.9 Å². The maximum absolute atomic E-state index is 10.9. The van der Waals surface area contributed by atoms with Crippen molar-refractivity contribution in [3.05, 3.63) is 396 Å². The first-order chi connectivity index (χ1) is 59.9. The molecule has 0 aliphatic carbocycles. The Morgan fingerprint density at radius 3 is 0.885 bits per heavy atom. The van der Waals surface area contributed by atoms with Gasteiger partial charge >= 0.3 is 0 Å². The van der Waals surface area contributed by atoms with Gasteiger partial charge in [-0.1, -0.05) is 222 Å². The molecule has 122 heavy (non-hydrogen) atoms. The van der Waals surface area contributed by atoms with Crippen molar-refractivity contribution in [2.45, 2.75) is 41.0 Å². The van der Waals surface area contributed by atoms with E-state index in [1.54, 1.807) is 0 Å². The Labute approximate surface area is 703 Å². The Hall–Kier alpha value is -16.3. The van der Waals surface area contributed by atoms with Crippen LogP contribution in [0.4, 0.5) is 0 Å². The van der Waals surface area contributed by atoms with Crippen LogP contribution in [0, 0.1) is 57.3 Å². The molecule has 6 heterocycles. The summed E-state index contributed by atoms with van der Waals surface area (Å²) in [5.41, 5.74) is 29.8. The summed E-state index contributed by atoms with van der Waals surface area (Å²) in [5.74, 6) is 3.24. The molecule has 0 spiro atoms. The van der Waals surface area contributed by atoms with Gasteiger partial charge in [0.2, 0.25) is 0 Å². The van der Waals surface area contributed by atoms with Gasteiger partial charge in [-0.25, -0.2) is 29.9 Å². The van der Waals surface area contributed by atoms with E-state index >= 15 is 0 Å². The van der Waals surface area contributed by atoms with Crippen LogP contribution in [0.3, 0.4) is 0 Å². The third kappa shape index (κ3) is 12.3. The van der Waals surface area contributed by atoms with Crippen molar-refractivity contribution in [2.75, 3.05) is 0 Å². The molecule has 0 aliphatic rings. The van der Waals surface area contributed by atoms with Crippen molar-refractivity contribution in [1.82, 2.24) is 48.2 Å². The highest BCUT2D eigenvalue weighted by atomic mass is 15.1. The maximum atomic E-state index is 10.9. The van der Waals surface area contributed by atoms with Crippen molar-refractivity contribution in [3.8, 4) is 125 Å². The number of aryl methyl sites for hydroxylation is 5. The number of hydrogen-bond acceptors (Lipinski definition) is 8. The quantitative estimate of drug-likeness (QED) is 0.105. The molecule has 0 fully saturated rings. The fourth-order valence-electron chi connectivity index (χ4n) is 18.3. The van der Waals surface area contributed by atoms with Crippen LogP contribution < -0.4 is 0 Å². The van der Waals surface area contributed by atoms with Crippen LogP contribution in [0.5, 0.6) is 0 Å². The number of hydrogen-bond donors (Lipinski definition) is 0. The van der Waals surface area contributed by atoms with Crippen molar-refractivity contribution < 1.29 is 0 Å². The zero-order chi connectivity index (χ0) is 82.0. The van der Waals surface area contributed by atoms with E-state index in [2.05, 4.69) is 308 Å². The highest BCUT2D eigenvalue weighted by molar-refractivity contribution is 6.15. The molecule has 22 aromatic rings. The number of rotatable bonds is 14. The minimum absolute atomic E-state index is 0.509. The molecule has 12 heteroatoms. The van der Waals surface area contributed by atoms with Gasteiger partial charge in [-0.2, -0.15) is 10.5 Å². The second kappa shape index (κ2) is 29.1. The van der Waals surface area contributed by atoms with Crippen LogP contribution in [0.15, 0.2) is 346 Å². The first kappa shape index (κ1) is 72.2. The molecule has 0 bridgehead atoms. The highest BCUT2D eigenvalue weighted by Crippen LogP contribution is 2.47. The van der Waals surface area contributed by atoms with Crippen LogP contribution >= 0.6 is 0 Å². The minimum Gasteiger partial charge on any atom is -0.309 e.